The third-order valence-corrected chi connectivity index (χ3v) is 8.83. The monoisotopic (exact) mass is 459 g/mol. The van der Waals surface area contributed by atoms with Crippen molar-refractivity contribution in [2.75, 3.05) is 0 Å². The Bertz CT molecular complexity index is 379. The fraction of sp³-hybridized carbons (Fsp3) is 0.941. The van der Waals surface area contributed by atoms with E-state index in [0.29, 0.717) is 4.75 Å². The summed E-state index contributed by atoms with van der Waals surface area (Å²) in [5.74, 6) is 0. The average molecular weight is 460 g/mol. The molecule has 0 rings (SSSR count). The Labute approximate surface area is 159 Å². The van der Waals surface area contributed by atoms with Crippen LogP contribution in [0.2, 0.25) is 0 Å². The van der Waals surface area contributed by atoms with Gasteiger partial charge < -0.3 is 4.84 Å². The molecule has 5 heteroatoms. The molecule has 0 spiro atoms. The van der Waals surface area contributed by atoms with E-state index in [2.05, 4.69) is 76.2 Å². The van der Waals surface area contributed by atoms with Gasteiger partial charge in [0.25, 0.3) is 0 Å². The first-order chi connectivity index (χ1) is 9.54. The zero-order valence-electron chi connectivity index (χ0n) is 16.0. The number of oxime groups is 1. The van der Waals surface area contributed by atoms with Crippen LogP contribution in [0.3, 0.4) is 0 Å². The number of nitrogens with zero attached hydrogens (tertiary/aromatic N) is 1. The van der Waals surface area contributed by atoms with Crippen molar-refractivity contribution in [3.8, 4) is 0 Å². The summed E-state index contributed by atoms with van der Waals surface area (Å²) in [5.41, 5.74) is -0.180. The highest BCUT2D eigenvalue weighted by molar-refractivity contribution is 14.1. The van der Waals surface area contributed by atoms with Crippen molar-refractivity contribution >= 4 is 47.9 Å². The van der Waals surface area contributed by atoms with Crippen LogP contribution in [0.5, 0.6) is 0 Å². The van der Waals surface area contributed by atoms with Gasteiger partial charge in [0, 0.05) is 14.9 Å². The standard InChI is InChI=1S/C17H34INOS2/c1-14(2,3)20-19-13(18)16(7,8)11-12-17(9,10)22-21-15(4,5)6/h11-12H2,1-10H3/b19-13-. The van der Waals surface area contributed by atoms with Gasteiger partial charge >= 0.3 is 0 Å². The normalized spacial score (nSPS) is 15.1. The molecule has 0 aliphatic rings. The minimum atomic E-state index is -0.231. The van der Waals surface area contributed by atoms with Crippen LogP contribution in [0.1, 0.15) is 82.1 Å². The van der Waals surface area contributed by atoms with Crippen molar-refractivity contribution in [1.82, 2.24) is 0 Å². The Balaban J connectivity index is 4.59. The predicted octanol–water partition coefficient (Wildman–Crippen LogP) is 7.31. The second-order valence-corrected chi connectivity index (χ2v) is 13.7. The van der Waals surface area contributed by atoms with Gasteiger partial charge in [-0.15, -0.1) is 0 Å². The molecular formula is C17H34INOS2. The molecule has 0 saturated carbocycles. The van der Waals surface area contributed by atoms with Crippen LogP contribution >= 0.6 is 44.2 Å². The molecule has 0 aromatic carbocycles. The van der Waals surface area contributed by atoms with Crippen LogP contribution in [0, 0.1) is 5.41 Å². The Hall–Kier alpha value is 0.900. The van der Waals surface area contributed by atoms with Gasteiger partial charge in [-0.25, -0.2) is 0 Å². The first kappa shape index (κ1) is 22.9. The highest BCUT2D eigenvalue weighted by atomic mass is 127. The third-order valence-electron chi connectivity index (χ3n) is 2.83. The molecule has 0 aliphatic heterocycles. The SMILES string of the molecule is CC(C)(C)O/N=C(\I)C(C)(C)CCC(C)(C)SSC(C)(C)C. The van der Waals surface area contributed by atoms with Gasteiger partial charge in [-0.05, 0) is 70.1 Å². The van der Waals surface area contributed by atoms with Crippen molar-refractivity contribution in [1.29, 1.82) is 0 Å². The molecule has 0 fully saturated rings. The van der Waals surface area contributed by atoms with E-state index in [4.69, 9.17) is 4.84 Å². The summed E-state index contributed by atoms with van der Waals surface area (Å²) in [7, 11) is 3.97. The summed E-state index contributed by atoms with van der Waals surface area (Å²) in [6.07, 6.45) is 2.26. The highest BCUT2D eigenvalue weighted by Gasteiger charge is 2.30. The lowest BCUT2D eigenvalue weighted by Crippen LogP contribution is -2.26. The lowest BCUT2D eigenvalue weighted by Gasteiger charge is -2.31. The van der Waals surface area contributed by atoms with Gasteiger partial charge in [0.05, 0.1) is 0 Å². The first-order valence-corrected chi connectivity index (χ1v) is 11.1. The van der Waals surface area contributed by atoms with E-state index in [1.54, 1.807) is 0 Å². The summed E-state index contributed by atoms with van der Waals surface area (Å²) >= 11 is 2.32. The molecule has 0 N–H and O–H groups in total. The Morgan fingerprint density at radius 2 is 1.36 bits per heavy atom. The van der Waals surface area contributed by atoms with E-state index in [0.717, 1.165) is 16.6 Å². The van der Waals surface area contributed by atoms with Gasteiger partial charge in [0.2, 0.25) is 0 Å². The van der Waals surface area contributed by atoms with Crippen LogP contribution in [-0.4, -0.2) is 18.8 Å². The zero-order valence-corrected chi connectivity index (χ0v) is 19.8. The average Bonchev–Trinajstić information content (AvgIpc) is 2.30. The van der Waals surface area contributed by atoms with Crippen LogP contribution in [0.25, 0.3) is 0 Å². The molecule has 0 radical (unpaired) electrons. The van der Waals surface area contributed by atoms with E-state index in [1.165, 1.54) is 0 Å². The molecule has 0 heterocycles. The highest BCUT2D eigenvalue weighted by Crippen LogP contribution is 2.46. The van der Waals surface area contributed by atoms with E-state index < -0.39 is 0 Å². The minimum Gasteiger partial charge on any atom is -0.389 e. The number of hydrogen-bond acceptors (Lipinski definition) is 4. The summed E-state index contributed by atoms with van der Waals surface area (Å²) in [5, 5.41) is 4.34. The molecule has 132 valence electrons. The van der Waals surface area contributed by atoms with Crippen molar-refractivity contribution in [2.24, 2.45) is 10.6 Å². The molecule has 2 nitrogen and oxygen atoms in total. The quantitative estimate of drug-likeness (QED) is 0.172. The van der Waals surface area contributed by atoms with Gasteiger partial charge in [0.15, 0.2) is 0 Å². The van der Waals surface area contributed by atoms with Crippen LogP contribution in [0.15, 0.2) is 5.16 Å². The minimum absolute atomic E-state index is 0.0516. The molecular weight excluding hydrogens is 425 g/mol. The Kier molecular flexibility index (Phi) is 8.66. The van der Waals surface area contributed by atoms with Crippen molar-refractivity contribution in [3.05, 3.63) is 0 Å². The number of hydrogen-bond donors (Lipinski definition) is 0. The second-order valence-electron chi connectivity index (χ2n) is 9.01. The maximum absolute atomic E-state index is 5.57. The Morgan fingerprint density at radius 3 is 1.77 bits per heavy atom. The fourth-order valence-corrected chi connectivity index (χ4v) is 4.00. The molecule has 0 bridgehead atoms. The van der Waals surface area contributed by atoms with Crippen LogP contribution in [0.4, 0.5) is 0 Å². The Morgan fingerprint density at radius 1 is 0.864 bits per heavy atom. The molecule has 0 amide bonds. The van der Waals surface area contributed by atoms with Gasteiger partial charge in [0.1, 0.15) is 9.32 Å². The summed E-state index contributed by atoms with van der Waals surface area (Å²) in [4.78, 5) is 5.57. The fourth-order valence-electron chi connectivity index (χ4n) is 1.30. The van der Waals surface area contributed by atoms with Crippen molar-refractivity contribution < 1.29 is 4.84 Å². The predicted molar refractivity (Wildman–Crippen MR) is 114 cm³/mol. The van der Waals surface area contributed by atoms with Gasteiger partial charge in [-0.3, -0.25) is 0 Å². The van der Waals surface area contributed by atoms with E-state index in [1.807, 2.05) is 42.4 Å². The summed E-state index contributed by atoms with van der Waals surface area (Å²) < 4.78 is 1.61. The smallest absolute Gasteiger partial charge is 0.129 e. The van der Waals surface area contributed by atoms with E-state index in [-0.39, 0.29) is 15.8 Å². The zero-order chi connectivity index (χ0) is 17.8. The molecule has 0 aromatic rings. The second kappa shape index (κ2) is 8.32. The third kappa shape index (κ3) is 11.4. The van der Waals surface area contributed by atoms with Crippen LogP contribution in [-0.2, 0) is 4.84 Å². The number of halogens is 1. The lowest BCUT2D eigenvalue weighted by atomic mass is 9.86. The molecule has 22 heavy (non-hydrogen) atoms. The maximum Gasteiger partial charge on any atom is 0.129 e. The summed E-state index contributed by atoms with van der Waals surface area (Å²) in [6, 6.07) is 0. The van der Waals surface area contributed by atoms with Gasteiger partial charge in [-0.2, -0.15) is 0 Å². The summed E-state index contributed by atoms with van der Waals surface area (Å²) in [6.45, 7) is 22.1. The molecule has 0 saturated heterocycles. The van der Waals surface area contributed by atoms with Crippen molar-refractivity contribution in [2.45, 2.75) is 97.2 Å². The van der Waals surface area contributed by atoms with Crippen molar-refractivity contribution in [3.63, 3.8) is 0 Å². The molecule has 0 unspecified atom stereocenters. The lowest BCUT2D eigenvalue weighted by molar-refractivity contribution is 0.000311. The largest absolute Gasteiger partial charge is 0.389 e. The maximum atomic E-state index is 5.57. The molecule has 0 aliphatic carbocycles. The van der Waals surface area contributed by atoms with Gasteiger partial charge in [-0.1, -0.05) is 61.4 Å². The van der Waals surface area contributed by atoms with Crippen LogP contribution < -0.4 is 0 Å². The molecule has 0 atom stereocenters. The first-order valence-electron chi connectivity index (χ1n) is 7.83. The number of rotatable bonds is 7. The molecule has 0 aromatic heterocycles. The van der Waals surface area contributed by atoms with E-state index in [9.17, 15) is 0 Å². The van der Waals surface area contributed by atoms with E-state index >= 15 is 0 Å². The topological polar surface area (TPSA) is 21.6 Å².